The van der Waals surface area contributed by atoms with E-state index >= 15 is 0 Å². The Morgan fingerprint density at radius 3 is 2.44 bits per heavy atom. The first-order valence-electron chi connectivity index (χ1n) is 8.96. The lowest BCUT2D eigenvalue weighted by Crippen LogP contribution is -1.98. The van der Waals surface area contributed by atoms with Crippen LogP contribution in [0.25, 0.3) is 6.08 Å². The van der Waals surface area contributed by atoms with Gasteiger partial charge in [-0.25, -0.2) is 0 Å². The van der Waals surface area contributed by atoms with Crippen molar-refractivity contribution in [2.75, 3.05) is 0 Å². The van der Waals surface area contributed by atoms with Crippen LogP contribution in [0.15, 0.2) is 72.3 Å². The second-order valence-corrected chi connectivity index (χ2v) is 6.67. The maximum atomic E-state index is 11.2. The number of hydrogen-bond acceptors (Lipinski definition) is 3. The Kier molecular flexibility index (Phi) is 4.75. The van der Waals surface area contributed by atoms with Crippen LogP contribution in [-0.4, -0.2) is 6.29 Å². The maximum absolute atomic E-state index is 11.2. The van der Waals surface area contributed by atoms with Crippen molar-refractivity contribution in [3.63, 3.8) is 0 Å². The standard InChI is InChI=1S/C24H20O3/c1-17-11-20-13-19(15-25)14-21(20)24(12-17)27-23-10-6-5-9-22(23)26-16-18-7-3-2-4-8-18/h2-12,14-15H,13,16H2,1H3. The number of rotatable bonds is 6. The quantitative estimate of drug-likeness (QED) is 0.547. The highest BCUT2D eigenvalue weighted by atomic mass is 16.5. The first-order valence-corrected chi connectivity index (χ1v) is 8.96. The summed E-state index contributed by atoms with van der Waals surface area (Å²) in [6.07, 6.45) is 3.48. The third-order valence-corrected chi connectivity index (χ3v) is 4.55. The molecule has 0 radical (unpaired) electrons. The van der Waals surface area contributed by atoms with Gasteiger partial charge in [-0.1, -0.05) is 48.5 Å². The van der Waals surface area contributed by atoms with Crippen LogP contribution in [-0.2, 0) is 17.8 Å². The van der Waals surface area contributed by atoms with Crippen LogP contribution < -0.4 is 9.47 Å². The van der Waals surface area contributed by atoms with E-state index in [1.165, 1.54) is 0 Å². The number of fused-ring (bicyclic) bond motifs is 1. The summed E-state index contributed by atoms with van der Waals surface area (Å²) in [6, 6.07) is 21.8. The molecule has 3 aromatic rings. The van der Waals surface area contributed by atoms with Crippen LogP contribution in [0.5, 0.6) is 17.2 Å². The fourth-order valence-corrected chi connectivity index (χ4v) is 3.27. The van der Waals surface area contributed by atoms with Crippen LogP contribution in [0, 0.1) is 6.92 Å². The third-order valence-electron chi connectivity index (χ3n) is 4.55. The summed E-state index contributed by atoms with van der Waals surface area (Å²) in [4.78, 5) is 11.2. The highest BCUT2D eigenvalue weighted by Crippen LogP contribution is 2.38. The van der Waals surface area contributed by atoms with Crippen molar-refractivity contribution in [3.05, 3.63) is 94.6 Å². The molecule has 0 saturated heterocycles. The number of allylic oxidation sites excluding steroid dienone is 1. The molecule has 4 rings (SSSR count). The van der Waals surface area contributed by atoms with Crippen LogP contribution in [0.2, 0.25) is 0 Å². The Morgan fingerprint density at radius 1 is 0.926 bits per heavy atom. The molecule has 0 bridgehead atoms. The van der Waals surface area contributed by atoms with Gasteiger partial charge in [-0.15, -0.1) is 0 Å². The molecule has 3 heteroatoms. The van der Waals surface area contributed by atoms with Gasteiger partial charge in [0.2, 0.25) is 0 Å². The number of ether oxygens (including phenoxy) is 2. The summed E-state index contributed by atoms with van der Waals surface area (Å²) in [5.41, 5.74) is 5.07. The summed E-state index contributed by atoms with van der Waals surface area (Å²) in [5.74, 6) is 2.10. The molecular weight excluding hydrogens is 336 g/mol. The van der Waals surface area contributed by atoms with E-state index in [2.05, 4.69) is 6.07 Å². The van der Waals surface area contributed by atoms with Crippen molar-refractivity contribution < 1.29 is 14.3 Å². The van der Waals surface area contributed by atoms with Gasteiger partial charge < -0.3 is 9.47 Å². The minimum atomic E-state index is 0.475. The van der Waals surface area contributed by atoms with E-state index in [1.54, 1.807) is 0 Å². The average molecular weight is 356 g/mol. The minimum Gasteiger partial charge on any atom is -0.485 e. The molecule has 1 aliphatic rings. The van der Waals surface area contributed by atoms with Gasteiger partial charge in [0.15, 0.2) is 11.5 Å². The normalized spacial score (nSPS) is 12.3. The van der Waals surface area contributed by atoms with Gasteiger partial charge >= 0.3 is 0 Å². The Hall–Kier alpha value is -3.33. The predicted octanol–water partition coefficient (Wildman–Crippen LogP) is 5.50. The van der Waals surface area contributed by atoms with Crippen molar-refractivity contribution in [1.82, 2.24) is 0 Å². The van der Waals surface area contributed by atoms with Gasteiger partial charge in [0.25, 0.3) is 0 Å². The fraction of sp³-hybridized carbons (Fsp3) is 0.125. The lowest BCUT2D eigenvalue weighted by Gasteiger charge is -2.15. The summed E-state index contributed by atoms with van der Waals surface area (Å²) < 4.78 is 12.2. The predicted molar refractivity (Wildman–Crippen MR) is 106 cm³/mol. The number of para-hydroxylation sites is 2. The smallest absolute Gasteiger partial charge is 0.169 e. The molecule has 0 saturated carbocycles. The molecule has 0 atom stereocenters. The van der Waals surface area contributed by atoms with E-state index in [0.29, 0.717) is 24.5 Å². The number of aryl methyl sites for hydroxylation is 1. The number of benzene rings is 3. The topological polar surface area (TPSA) is 35.5 Å². The minimum absolute atomic E-state index is 0.475. The first-order chi connectivity index (χ1) is 13.2. The third kappa shape index (κ3) is 3.77. The zero-order chi connectivity index (χ0) is 18.6. The van der Waals surface area contributed by atoms with Crippen LogP contribution in [0.1, 0.15) is 22.3 Å². The van der Waals surface area contributed by atoms with E-state index in [1.807, 2.05) is 73.7 Å². The van der Waals surface area contributed by atoms with Crippen molar-refractivity contribution in [2.45, 2.75) is 20.0 Å². The van der Waals surface area contributed by atoms with Gasteiger partial charge in [0.1, 0.15) is 18.6 Å². The zero-order valence-corrected chi connectivity index (χ0v) is 15.1. The van der Waals surface area contributed by atoms with E-state index in [4.69, 9.17) is 9.47 Å². The van der Waals surface area contributed by atoms with Crippen LogP contribution in [0.4, 0.5) is 0 Å². The molecule has 1 aliphatic carbocycles. The average Bonchev–Trinajstić information content (AvgIpc) is 3.11. The summed E-state index contributed by atoms with van der Waals surface area (Å²) >= 11 is 0. The molecule has 0 aliphatic heterocycles. The van der Waals surface area contributed by atoms with Crippen LogP contribution >= 0.6 is 0 Å². The molecule has 0 aromatic heterocycles. The number of aldehydes is 1. The SMILES string of the molecule is Cc1cc2c(c(Oc3ccccc3OCc3ccccc3)c1)C=C(C=O)C2. The van der Waals surface area contributed by atoms with Crippen LogP contribution in [0.3, 0.4) is 0 Å². The monoisotopic (exact) mass is 356 g/mol. The molecule has 0 amide bonds. The highest BCUT2D eigenvalue weighted by molar-refractivity contribution is 5.88. The molecule has 27 heavy (non-hydrogen) atoms. The molecule has 134 valence electrons. The zero-order valence-electron chi connectivity index (χ0n) is 15.1. The number of carbonyl (C=O) groups excluding carboxylic acids is 1. The fourth-order valence-electron chi connectivity index (χ4n) is 3.27. The molecule has 0 unspecified atom stereocenters. The van der Waals surface area contributed by atoms with E-state index in [0.717, 1.165) is 39.9 Å². The van der Waals surface area contributed by atoms with E-state index < -0.39 is 0 Å². The van der Waals surface area contributed by atoms with Crippen molar-refractivity contribution >= 4 is 12.4 Å². The molecule has 3 nitrogen and oxygen atoms in total. The van der Waals surface area contributed by atoms with Crippen molar-refractivity contribution in [3.8, 4) is 17.2 Å². The Bertz CT molecular complexity index is 1000. The summed E-state index contributed by atoms with van der Waals surface area (Å²) in [7, 11) is 0. The summed E-state index contributed by atoms with van der Waals surface area (Å²) in [5, 5.41) is 0. The second-order valence-electron chi connectivity index (χ2n) is 6.67. The number of carbonyl (C=O) groups is 1. The number of hydrogen-bond donors (Lipinski definition) is 0. The molecule has 0 spiro atoms. The lowest BCUT2D eigenvalue weighted by molar-refractivity contribution is -0.104. The molecule has 0 fully saturated rings. The van der Waals surface area contributed by atoms with Gasteiger partial charge in [-0.05, 0) is 53.5 Å². The largest absolute Gasteiger partial charge is 0.485 e. The Labute approximate surface area is 158 Å². The molecule has 3 aromatic carbocycles. The maximum Gasteiger partial charge on any atom is 0.169 e. The Balaban J connectivity index is 1.61. The van der Waals surface area contributed by atoms with Gasteiger partial charge in [-0.2, -0.15) is 0 Å². The Morgan fingerprint density at radius 2 is 1.67 bits per heavy atom. The van der Waals surface area contributed by atoms with Crippen molar-refractivity contribution in [2.24, 2.45) is 0 Å². The molecular formula is C24H20O3. The summed E-state index contributed by atoms with van der Waals surface area (Å²) in [6.45, 7) is 2.51. The lowest BCUT2D eigenvalue weighted by atomic mass is 10.1. The molecule has 0 N–H and O–H groups in total. The highest BCUT2D eigenvalue weighted by Gasteiger charge is 2.18. The van der Waals surface area contributed by atoms with Crippen molar-refractivity contribution in [1.29, 1.82) is 0 Å². The second kappa shape index (κ2) is 7.50. The van der Waals surface area contributed by atoms with E-state index in [9.17, 15) is 4.79 Å². The van der Waals surface area contributed by atoms with Gasteiger partial charge in [0, 0.05) is 12.0 Å². The first kappa shape index (κ1) is 17.1. The van der Waals surface area contributed by atoms with Gasteiger partial charge in [-0.3, -0.25) is 4.79 Å². The van der Waals surface area contributed by atoms with E-state index in [-0.39, 0.29) is 0 Å². The van der Waals surface area contributed by atoms with Gasteiger partial charge in [0.05, 0.1) is 0 Å². The molecule has 0 heterocycles.